The number of aliphatic hydroxyl groups is 1. The topological polar surface area (TPSA) is 147 Å². The van der Waals surface area contributed by atoms with Crippen LogP contribution < -0.4 is 19.9 Å². The Bertz CT molecular complexity index is 1280. The predicted octanol–water partition coefficient (Wildman–Crippen LogP) is 4.38. The number of likely N-dealkylation sites (tertiary alicyclic amines) is 1. The number of aliphatic hydroxyl groups excluding tert-OH is 1. The van der Waals surface area contributed by atoms with Crippen molar-refractivity contribution in [2.75, 3.05) is 55.9 Å². The maximum atomic E-state index is 14.6. The predicted molar refractivity (Wildman–Crippen MR) is 191 cm³/mol. The van der Waals surface area contributed by atoms with Gasteiger partial charge in [0, 0.05) is 44.6 Å². The smallest absolute Gasteiger partial charge is 0.410 e. The molecule has 50 heavy (non-hydrogen) atoms. The molecule has 2 aliphatic rings. The number of carbonyl (C=O) groups excluding carboxylic acids is 4. The molecule has 4 atom stereocenters. The minimum atomic E-state index is -1.38. The van der Waals surface area contributed by atoms with Crippen molar-refractivity contribution in [1.82, 2.24) is 10.2 Å². The highest BCUT2D eigenvalue weighted by Crippen LogP contribution is 2.40. The number of nitrogens with one attached hydrogen (secondary N) is 1. The lowest BCUT2D eigenvalue weighted by Gasteiger charge is -2.42. The van der Waals surface area contributed by atoms with Crippen LogP contribution in [0.25, 0.3) is 0 Å². The molecular formula is C37H60N4O9. The fourth-order valence-electron chi connectivity index (χ4n) is 6.09. The van der Waals surface area contributed by atoms with Crippen LogP contribution >= 0.6 is 0 Å². The minimum absolute atomic E-state index is 0.113. The van der Waals surface area contributed by atoms with Crippen LogP contribution in [0.15, 0.2) is 18.2 Å². The molecule has 0 bridgehead atoms. The van der Waals surface area contributed by atoms with E-state index in [4.69, 9.17) is 18.9 Å². The average molecular weight is 705 g/mol. The van der Waals surface area contributed by atoms with Crippen molar-refractivity contribution < 1.29 is 43.2 Å². The zero-order valence-corrected chi connectivity index (χ0v) is 31.5. The zero-order chi connectivity index (χ0) is 37.2. The Morgan fingerprint density at radius 1 is 1.04 bits per heavy atom. The summed E-state index contributed by atoms with van der Waals surface area (Å²) in [7, 11) is 0. The zero-order valence-electron chi connectivity index (χ0n) is 31.5. The number of anilines is 2. The fourth-order valence-corrected chi connectivity index (χ4v) is 6.09. The van der Waals surface area contributed by atoms with Crippen LogP contribution in [0.4, 0.5) is 16.2 Å². The number of rotatable bonds is 18. The molecule has 0 aromatic heterocycles. The van der Waals surface area contributed by atoms with Gasteiger partial charge < -0.3 is 44.1 Å². The monoisotopic (exact) mass is 704 g/mol. The number of piperidine rings is 1. The normalized spacial score (nSPS) is 20.0. The van der Waals surface area contributed by atoms with E-state index >= 15 is 0 Å². The molecular weight excluding hydrogens is 644 g/mol. The molecule has 2 N–H and O–H groups in total. The third kappa shape index (κ3) is 11.8. The van der Waals surface area contributed by atoms with Crippen LogP contribution in [0.3, 0.4) is 0 Å². The van der Waals surface area contributed by atoms with Crippen LogP contribution in [0, 0.1) is 17.8 Å². The van der Waals surface area contributed by atoms with Gasteiger partial charge in [-0.05, 0) is 91.8 Å². The van der Waals surface area contributed by atoms with Crippen LogP contribution in [-0.4, -0.2) is 110 Å². The number of benzene rings is 1. The Labute approximate surface area is 297 Å². The maximum absolute atomic E-state index is 14.6. The van der Waals surface area contributed by atoms with E-state index in [9.17, 15) is 24.3 Å². The summed E-state index contributed by atoms with van der Waals surface area (Å²) in [5.41, 5.74) is 0.183. The molecule has 0 unspecified atom stereocenters. The first-order valence-corrected chi connectivity index (χ1v) is 18.1. The number of hydrogen-bond donors (Lipinski definition) is 2. The number of nitrogens with zero attached hydrogens (tertiary/aromatic N) is 3. The van der Waals surface area contributed by atoms with Gasteiger partial charge in [0.1, 0.15) is 11.4 Å². The molecule has 282 valence electrons. The van der Waals surface area contributed by atoms with Crippen molar-refractivity contribution in [2.45, 2.75) is 111 Å². The Hall–Kier alpha value is -3.42. The molecule has 1 heterocycles. The quantitative estimate of drug-likeness (QED) is 0.168. The van der Waals surface area contributed by atoms with Gasteiger partial charge in [-0.15, -0.1) is 0 Å². The number of amides is 4. The highest BCUT2D eigenvalue weighted by Gasteiger charge is 2.49. The Kier molecular flexibility index (Phi) is 15.3. The van der Waals surface area contributed by atoms with E-state index in [1.54, 1.807) is 43.9 Å². The third-order valence-electron chi connectivity index (χ3n) is 8.44. The summed E-state index contributed by atoms with van der Waals surface area (Å²) in [6.45, 7) is 18.5. The standard InChI is InChI=1S/C37H60N4O9/c1-10-47-17-16-39(23-42)31-19-28(14-15-32(31)49-25(5)6)41(27-12-13-27)35(45)30-21-40(36(46)50-37(7,8)9)20-29(33(30)43)34(44)38-26(18-24(3)4)22-48-11-2/h14-15,19,23-27,29-30,33,43H,10-13,16-18,20-22H2,1-9H3,(H,38,44)/t26-,29-,30+,33-/m1/s1. The first kappa shape index (κ1) is 41.0. The molecule has 0 spiro atoms. The molecule has 4 amide bonds. The number of ether oxygens (including phenoxy) is 4. The van der Waals surface area contributed by atoms with E-state index in [-0.39, 0.29) is 43.7 Å². The van der Waals surface area contributed by atoms with E-state index in [0.29, 0.717) is 56.4 Å². The Balaban J connectivity index is 2.01. The highest BCUT2D eigenvalue weighted by atomic mass is 16.6. The molecule has 3 rings (SSSR count). The van der Waals surface area contributed by atoms with Crippen LogP contribution in [0.5, 0.6) is 5.75 Å². The second-order valence-electron chi connectivity index (χ2n) is 14.8. The Morgan fingerprint density at radius 3 is 2.26 bits per heavy atom. The molecule has 1 aliphatic heterocycles. The summed E-state index contributed by atoms with van der Waals surface area (Å²) in [4.78, 5) is 58.7. The van der Waals surface area contributed by atoms with Gasteiger partial charge in [-0.25, -0.2) is 4.79 Å². The summed E-state index contributed by atoms with van der Waals surface area (Å²) >= 11 is 0. The molecule has 1 aliphatic carbocycles. The molecule has 1 aromatic carbocycles. The van der Waals surface area contributed by atoms with Crippen molar-refractivity contribution in [1.29, 1.82) is 0 Å². The second-order valence-corrected chi connectivity index (χ2v) is 14.8. The molecule has 1 saturated carbocycles. The summed E-state index contributed by atoms with van der Waals surface area (Å²) in [5.74, 6) is -2.35. The fraction of sp³-hybridized carbons (Fsp3) is 0.730. The summed E-state index contributed by atoms with van der Waals surface area (Å²) in [6.07, 6.45) is 0.625. The van der Waals surface area contributed by atoms with Crippen LogP contribution in [0.1, 0.15) is 81.6 Å². The minimum Gasteiger partial charge on any atom is -0.489 e. The SMILES string of the molecule is CCOCCN(C=O)c1cc(N(C(=O)[C@H]2CN(C(=O)OC(C)(C)C)C[C@@H](C(=O)N[C@@H](COCC)CC(C)C)[C@H]2O)C2CC2)ccc1OC(C)C. The van der Waals surface area contributed by atoms with Gasteiger partial charge in [0.2, 0.25) is 18.2 Å². The van der Waals surface area contributed by atoms with Crippen LogP contribution in [-0.2, 0) is 28.6 Å². The molecule has 2 fully saturated rings. The number of hydrogen-bond acceptors (Lipinski definition) is 9. The largest absolute Gasteiger partial charge is 0.489 e. The van der Waals surface area contributed by atoms with Gasteiger partial charge in [-0.3, -0.25) is 14.4 Å². The summed E-state index contributed by atoms with van der Waals surface area (Å²) < 4.78 is 22.8. The van der Waals surface area contributed by atoms with Gasteiger partial charge in [0.05, 0.1) is 49.0 Å². The Morgan fingerprint density at radius 2 is 1.70 bits per heavy atom. The lowest BCUT2D eigenvalue weighted by molar-refractivity contribution is -0.141. The molecule has 13 heteroatoms. The molecule has 1 saturated heterocycles. The lowest BCUT2D eigenvalue weighted by Crippen LogP contribution is -2.61. The van der Waals surface area contributed by atoms with Gasteiger partial charge in [-0.2, -0.15) is 0 Å². The molecule has 0 radical (unpaired) electrons. The number of carbonyl (C=O) groups is 4. The maximum Gasteiger partial charge on any atom is 0.410 e. The molecule has 1 aromatic rings. The first-order valence-electron chi connectivity index (χ1n) is 18.1. The van der Waals surface area contributed by atoms with Crippen molar-refractivity contribution >= 4 is 35.7 Å². The second kappa shape index (κ2) is 18.7. The average Bonchev–Trinajstić information content (AvgIpc) is 3.86. The van der Waals surface area contributed by atoms with Gasteiger partial charge in [0.15, 0.2) is 0 Å². The van der Waals surface area contributed by atoms with E-state index in [0.717, 1.165) is 12.8 Å². The van der Waals surface area contributed by atoms with Gasteiger partial charge >= 0.3 is 6.09 Å². The van der Waals surface area contributed by atoms with E-state index in [1.165, 1.54) is 9.80 Å². The van der Waals surface area contributed by atoms with Crippen molar-refractivity contribution in [3.63, 3.8) is 0 Å². The first-order chi connectivity index (χ1) is 23.6. The molecule has 13 nitrogen and oxygen atoms in total. The summed E-state index contributed by atoms with van der Waals surface area (Å²) in [6, 6.07) is 4.77. The van der Waals surface area contributed by atoms with Crippen molar-refractivity contribution in [2.24, 2.45) is 17.8 Å². The van der Waals surface area contributed by atoms with Crippen LogP contribution in [0.2, 0.25) is 0 Å². The van der Waals surface area contributed by atoms with Gasteiger partial charge in [0.25, 0.3) is 0 Å². The summed E-state index contributed by atoms with van der Waals surface area (Å²) in [5, 5.41) is 14.8. The lowest BCUT2D eigenvalue weighted by atomic mass is 9.84. The van der Waals surface area contributed by atoms with Crippen molar-refractivity contribution in [3.8, 4) is 5.75 Å². The highest BCUT2D eigenvalue weighted by molar-refractivity contribution is 5.99. The van der Waals surface area contributed by atoms with E-state index in [2.05, 4.69) is 5.32 Å². The van der Waals surface area contributed by atoms with E-state index in [1.807, 2.05) is 41.5 Å². The van der Waals surface area contributed by atoms with Gasteiger partial charge in [-0.1, -0.05) is 13.8 Å². The van der Waals surface area contributed by atoms with Crippen molar-refractivity contribution in [3.05, 3.63) is 18.2 Å². The van der Waals surface area contributed by atoms with E-state index < -0.39 is 41.4 Å². The third-order valence-corrected chi connectivity index (χ3v) is 8.44.